The lowest BCUT2D eigenvalue weighted by molar-refractivity contribution is -0.138. The van der Waals surface area contributed by atoms with E-state index in [9.17, 15) is 29.1 Å². The van der Waals surface area contributed by atoms with Crippen LogP contribution < -0.4 is 25.8 Å². The second kappa shape index (κ2) is 17.5. The lowest BCUT2D eigenvalue weighted by Gasteiger charge is -2.41. The minimum Gasteiger partial charge on any atom is -0.389 e. The smallest absolute Gasteiger partial charge is 0.255 e. The number of nitrogens with one attached hydrogen (secondary N) is 3. The maximum atomic E-state index is 16.0. The van der Waals surface area contributed by atoms with E-state index in [0.717, 1.165) is 30.8 Å². The number of hydrogen-bond donors (Lipinski definition) is 4. The molecule has 18 heteroatoms. The summed E-state index contributed by atoms with van der Waals surface area (Å²) >= 11 is 0. The number of halogens is 2. The van der Waals surface area contributed by atoms with E-state index in [-0.39, 0.29) is 42.3 Å². The largest absolute Gasteiger partial charge is 0.389 e. The van der Waals surface area contributed by atoms with Gasteiger partial charge in [0, 0.05) is 93.1 Å². The number of piperazine rings is 1. The Hall–Kier alpha value is -6.95. The van der Waals surface area contributed by atoms with E-state index >= 15 is 8.78 Å². The monoisotopic (exact) mass is 900 g/mol. The first-order valence-corrected chi connectivity index (χ1v) is 22.6. The number of carbonyl (C=O) groups excluding carboxylic acids is 5. The molecule has 16 nitrogen and oxygen atoms in total. The summed E-state index contributed by atoms with van der Waals surface area (Å²) in [6.07, 6.45) is 8.33. The number of piperidine rings is 2. The highest BCUT2D eigenvalue weighted by molar-refractivity contribution is 6.06. The van der Waals surface area contributed by atoms with Crippen LogP contribution in [0.25, 0.3) is 11.1 Å². The first kappa shape index (κ1) is 43.0. The number of aliphatic imine (C=N–C) groups is 1. The van der Waals surface area contributed by atoms with Gasteiger partial charge in [-0.05, 0) is 85.7 Å². The van der Waals surface area contributed by atoms with Crippen molar-refractivity contribution in [2.24, 2.45) is 4.99 Å². The molecule has 3 aromatic carbocycles. The van der Waals surface area contributed by atoms with Crippen LogP contribution in [0.15, 0.2) is 78.2 Å². The van der Waals surface area contributed by atoms with E-state index in [2.05, 4.69) is 30.8 Å². The van der Waals surface area contributed by atoms with Crippen LogP contribution in [0.3, 0.4) is 0 Å². The third-order valence-corrected chi connectivity index (χ3v) is 13.8. The minimum absolute atomic E-state index is 0.0306. The predicted molar refractivity (Wildman–Crippen MR) is 240 cm³/mol. The van der Waals surface area contributed by atoms with Crippen LogP contribution in [0.5, 0.6) is 0 Å². The van der Waals surface area contributed by atoms with Crippen LogP contribution in [0, 0.1) is 11.6 Å². The molecule has 0 spiro atoms. The summed E-state index contributed by atoms with van der Waals surface area (Å²) in [5, 5.41) is 19.6. The Balaban J connectivity index is 0.733. The second-order valence-electron chi connectivity index (χ2n) is 18.0. The van der Waals surface area contributed by atoms with Crippen molar-refractivity contribution in [3.63, 3.8) is 0 Å². The highest BCUT2D eigenvalue weighted by Gasteiger charge is 2.43. The summed E-state index contributed by atoms with van der Waals surface area (Å²) in [5.41, 5.74) is 3.60. The van der Waals surface area contributed by atoms with Crippen molar-refractivity contribution in [1.82, 2.24) is 30.0 Å². The summed E-state index contributed by atoms with van der Waals surface area (Å²) in [5.74, 6) is -2.31. The number of amidine groups is 1. The SMILES string of the molecule is O=C1CCC(Nc2ccc(N3CCC(O)(CC(=O)N4CCN(c5ccc(-c6cc(F)c7c(c6)C(=O)N(C(C(=O)NC6=NC=CC6)c6ncn8c6CCC8)C7)cc5)CC4)CC3)c(F)c2)C(=O)N1. The molecule has 0 radical (unpaired) electrons. The van der Waals surface area contributed by atoms with Gasteiger partial charge < -0.3 is 39.9 Å². The molecule has 1 aromatic heterocycles. The van der Waals surface area contributed by atoms with Crippen LogP contribution in [0.4, 0.5) is 25.8 Å². The molecule has 2 unspecified atom stereocenters. The van der Waals surface area contributed by atoms with Crippen molar-refractivity contribution in [1.29, 1.82) is 0 Å². The van der Waals surface area contributed by atoms with Gasteiger partial charge in [0.15, 0.2) is 6.04 Å². The van der Waals surface area contributed by atoms with E-state index in [4.69, 9.17) is 0 Å². The van der Waals surface area contributed by atoms with Gasteiger partial charge in [-0.2, -0.15) is 0 Å². The van der Waals surface area contributed by atoms with Crippen molar-refractivity contribution >= 4 is 52.4 Å². The van der Waals surface area contributed by atoms with E-state index in [1.165, 1.54) is 17.0 Å². The molecule has 3 saturated heterocycles. The van der Waals surface area contributed by atoms with Crippen LogP contribution in [0.2, 0.25) is 0 Å². The number of rotatable bonds is 10. The van der Waals surface area contributed by atoms with E-state index in [0.29, 0.717) is 99.0 Å². The fraction of sp³-hybridized carbons (Fsp3) is 0.396. The van der Waals surface area contributed by atoms with E-state index < -0.39 is 47.0 Å². The summed E-state index contributed by atoms with van der Waals surface area (Å²) in [4.78, 5) is 81.1. The molecule has 342 valence electrons. The summed E-state index contributed by atoms with van der Waals surface area (Å²) in [7, 11) is 0. The van der Waals surface area contributed by atoms with E-state index in [1.807, 2.05) is 39.8 Å². The third-order valence-electron chi connectivity index (χ3n) is 13.8. The zero-order valence-corrected chi connectivity index (χ0v) is 36.3. The molecule has 0 bridgehead atoms. The van der Waals surface area contributed by atoms with Crippen molar-refractivity contribution < 1.29 is 37.9 Å². The summed E-state index contributed by atoms with van der Waals surface area (Å²) in [6.45, 7) is 3.50. The van der Waals surface area contributed by atoms with Gasteiger partial charge in [-0.25, -0.2) is 18.8 Å². The normalized spacial score (nSPS) is 20.6. The molecular weight excluding hydrogens is 851 g/mol. The van der Waals surface area contributed by atoms with Gasteiger partial charge in [-0.1, -0.05) is 18.2 Å². The Kier molecular flexibility index (Phi) is 11.4. The standard InChI is InChI=1S/C48H50F2N10O6/c49-35-24-30(23-33-34(35)27-60(47(33)65)44(46(64)54-40-4-1-15-51-40)43-39-3-2-16-59(39)28-52-43)29-5-8-32(9-6-29)56-19-21-58(22-20-56)42(62)26-48(66)13-17-57(18-14-48)38-11-7-31(25-36(38)50)53-37-10-12-41(61)55-45(37)63/h1,5-9,11,15,23-25,28,37,44,53,66H,2-4,10,12-14,16-22,26-27H2,(H,51,54,64)(H,55,61,63). The minimum atomic E-state index is -1.22. The molecule has 0 aliphatic carbocycles. The van der Waals surface area contributed by atoms with Crippen molar-refractivity contribution in [2.75, 3.05) is 54.4 Å². The summed E-state index contributed by atoms with van der Waals surface area (Å²) < 4.78 is 33.2. The maximum Gasteiger partial charge on any atom is 0.255 e. The number of aryl methyl sites for hydroxylation is 1. The average Bonchev–Trinajstić information content (AvgIpc) is 4.13. The number of imidazole rings is 1. The zero-order valence-electron chi connectivity index (χ0n) is 36.3. The van der Waals surface area contributed by atoms with Crippen LogP contribution >= 0.6 is 0 Å². The Morgan fingerprint density at radius 3 is 2.41 bits per heavy atom. The number of benzene rings is 3. The van der Waals surface area contributed by atoms with Crippen LogP contribution in [-0.2, 0) is 38.7 Å². The van der Waals surface area contributed by atoms with Crippen LogP contribution in [-0.4, -0.2) is 111 Å². The predicted octanol–water partition coefficient (Wildman–Crippen LogP) is 4.19. The van der Waals surface area contributed by atoms with Crippen LogP contribution in [0.1, 0.15) is 78.3 Å². The lowest BCUT2D eigenvalue weighted by Crippen LogP contribution is -2.52. The number of aliphatic hydroxyl groups is 1. The topological polar surface area (TPSA) is 185 Å². The number of nitrogens with zero attached hydrogens (tertiary/aromatic N) is 7. The fourth-order valence-electron chi connectivity index (χ4n) is 10.1. The second-order valence-corrected chi connectivity index (χ2v) is 18.0. The molecule has 2 atom stereocenters. The number of hydrogen-bond acceptors (Lipinski definition) is 11. The molecule has 4 N–H and O–H groups in total. The molecule has 10 rings (SSSR count). The molecule has 6 aliphatic heterocycles. The van der Waals surface area contributed by atoms with Gasteiger partial charge in [0.1, 0.15) is 23.5 Å². The Morgan fingerprint density at radius 2 is 1.68 bits per heavy atom. The fourth-order valence-corrected chi connectivity index (χ4v) is 10.1. The van der Waals surface area contributed by atoms with Gasteiger partial charge in [0.25, 0.3) is 11.8 Å². The van der Waals surface area contributed by atoms with Crippen molar-refractivity contribution in [2.45, 2.75) is 82.1 Å². The number of amides is 5. The van der Waals surface area contributed by atoms with Gasteiger partial charge in [-0.3, -0.25) is 29.3 Å². The highest BCUT2D eigenvalue weighted by atomic mass is 19.1. The number of imide groups is 1. The number of anilines is 3. The average molecular weight is 901 g/mol. The molecule has 6 aliphatic rings. The molecule has 3 fully saturated rings. The molecule has 4 aromatic rings. The number of carbonyl (C=O) groups is 5. The Morgan fingerprint density at radius 1 is 0.894 bits per heavy atom. The highest BCUT2D eigenvalue weighted by Crippen LogP contribution is 2.38. The molecule has 0 saturated carbocycles. The third kappa shape index (κ3) is 8.40. The number of aromatic nitrogens is 2. The zero-order chi connectivity index (χ0) is 45.7. The number of fused-ring (bicyclic) bond motifs is 2. The lowest BCUT2D eigenvalue weighted by atomic mass is 9.87. The van der Waals surface area contributed by atoms with Gasteiger partial charge >= 0.3 is 0 Å². The molecule has 5 amide bonds. The first-order valence-electron chi connectivity index (χ1n) is 22.6. The molecule has 7 heterocycles. The van der Waals surface area contributed by atoms with E-state index in [1.54, 1.807) is 35.6 Å². The molecular formula is C48H50F2N10O6. The van der Waals surface area contributed by atoms with Gasteiger partial charge in [-0.15, -0.1) is 0 Å². The first-order chi connectivity index (χ1) is 31.9. The van der Waals surface area contributed by atoms with Gasteiger partial charge in [0.05, 0.1) is 36.3 Å². The molecule has 66 heavy (non-hydrogen) atoms. The van der Waals surface area contributed by atoms with Crippen molar-refractivity contribution in [3.8, 4) is 11.1 Å². The van der Waals surface area contributed by atoms with Gasteiger partial charge in [0.2, 0.25) is 17.7 Å². The maximum absolute atomic E-state index is 16.0. The summed E-state index contributed by atoms with van der Waals surface area (Å²) in [6, 6.07) is 13.7. The Bertz CT molecular complexity index is 2690. The quantitative estimate of drug-likeness (QED) is 0.169. The Labute approximate surface area is 379 Å². The van der Waals surface area contributed by atoms with Crippen molar-refractivity contribution in [3.05, 3.63) is 107 Å².